The first-order chi connectivity index (χ1) is 10.6. The number of thioether (sulfide) groups is 1. The minimum absolute atomic E-state index is 0.00293. The van der Waals surface area contributed by atoms with Gasteiger partial charge in [0, 0.05) is 24.7 Å². The van der Waals surface area contributed by atoms with Gasteiger partial charge in [-0.3, -0.25) is 9.59 Å². The van der Waals surface area contributed by atoms with E-state index >= 15 is 0 Å². The SMILES string of the molecule is CC(C)CC(CC(=O)Cc1ccc(SC(C)(F)F)cc1)C(=O)O. The summed E-state index contributed by atoms with van der Waals surface area (Å²) in [7, 11) is 0. The van der Waals surface area contributed by atoms with Crippen molar-refractivity contribution in [3.8, 4) is 0 Å². The van der Waals surface area contributed by atoms with Crippen LogP contribution in [0.1, 0.15) is 39.2 Å². The van der Waals surface area contributed by atoms with Gasteiger partial charge in [0.05, 0.1) is 5.92 Å². The van der Waals surface area contributed by atoms with Gasteiger partial charge in [0.1, 0.15) is 5.78 Å². The predicted molar refractivity (Wildman–Crippen MR) is 86.8 cm³/mol. The zero-order valence-corrected chi connectivity index (χ0v) is 14.3. The number of carbonyl (C=O) groups is 2. The van der Waals surface area contributed by atoms with E-state index in [-0.39, 0.29) is 24.5 Å². The molecule has 0 aliphatic rings. The maximum absolute atomic E-state index is 12.9. The Morgan fingerprint density at radius 1 is 1.22 bits per heavy atom. The number of Topliss-reactive ketones (excluding diaryl/α,β-unsaturated/α-hetero) is 1. The summed E-state index contributed by atoms with van der Waals surface area (Å²) in [5, 5.41) is 6.31. The third-order valence-corrected chi connectivity index (χ3v) is 4.07. The van der Waals surface area contributed by atoms with Crippen LogP contribution in [-0.4, -0.2) is 22.1 Å². The Kier molecular flexibility index (Phi) is 7.19. The van der Waals surface area contributed by atoms with Crippen LogP contribution in [0.4, 0.5) is 8.78 Å². The lowest BCUT2D eigenvalue weighted by molar-refractivity contribution is -0.144. The second-order valence-electron chi connectivity index (χ2n) is 6.14. The maximum atomic E-state index is 12.9. The van der Waals surface area contributed by atoms with E-state index in [9.17, 15) is 18.4 Å². The van der Waals surface area contributed by atoms with Gasteiger partial charge in [0.25, 0.3) is 5.25 Å². The third kappa shape index (κ3) is 8.11. The summed E-state index contributed by atoms with van der Waals surface area (Å²) in [6.07, 6.45) is 0.578. The highest BCUT2D eigenvalue weighted by molar-refractivity contribution is 8.00. The van der Waals surface area contributed by atoms with Crippen molar-refractivity contribution in [2.75, 3.05) is 0 Å². The van der Waals surface area contributed by atoms with Gasteiger partial charge in [-0.15, -0.1) is 0 Å². The normalized spacial score (nSPS) is 13.1. The van der Waals surface area contributed by atoms with Gasteiger partial charge in [-0.05, 0) is 30.0 Å². The van der Waals surface area contributed by atoms with Gasteiger partial charge in [-0.1, -0.05) is 37.7 Å². The van der Waals surface area contributed by atoms with Gasteiger partial charge >= 0.3 is 5.97 Å². The largest absolute Gasteiger partial charge is 0.481 e. The van der Waals surface area contributed by atoms with Crippen molar-refractivity contribution < 1.29 is 23.5 Å². The molecule has 1 rings (SSSR count). The Bertz CT molecular complexity index is 536. The summed E-state index contributed by atoms with van der Waals surface area (Å²) < 4.78 is 25.8. The molecule has 0 saturated carbocycles. The molecule has 0 aliphatic carbocycles. The van der Waals surface area contributed by atoms with Crippen LogP contribution in [0.3, 0.4) is 0 Å². The predicted octanol–water partition coefficient (Wildman–Crippen LogP) is 4.64. The molecule has 1 unspecified atom stereocenters. The monoisotopic (exact) mass is 344 g/mol. The van der Waals surface area contributed by atoms with E-state index in [1.165, 1.54) is 0 Å². The number of hydrogen-bond donors (Lipinski definition) is 1. The van der Waals surface area contributed by atoms with Crippen LogP contribution in [0.25, 0.3) is 0 Å². The lowest BCUT2D eigenvalue weighted by atomic mass is 9.91. The molecule has 0 aliphatic heterocycles. The number of aliphatic carboxylic acids is 1. The molecule has 0 heterocycles. The average molecular weight is 344 g/mol. The summed E-state index contributed by atoms with van der Waals surface area (Å²) in [4.78, 5) is 23.6. The van der Waals surface area contributed by atoms with Crippen LogP contribution in [0.2, 0.25) is 0 Å². The highest BCUT2D eigenvalue weighted by atomic mass is 32.2. The fraction of sp³-hybridized carbons (Fsp3) is 0.529. The molecule has 0 aromatic heterocycles. The average Bonchev–Trinajstić information content (AvgIpc) is 2.38. The number of halogens is 2. The lowest BCUT2D eigenvalue weighted by Crippen LogP contribution is -2.20. The van der Waals surface area contributed by atoms with E-state index in [1.807, 2.05) is 13.8 Å². The van der Waals surface area contributed by atoms with Gasteiger partial charge in [0.2, 0.25) is 0 Å². The first-order valence-electron chi connectivity index (χ1n) is 7.47. The molecule has 23 heavy (non-hydrogen) atoms. The molecule has 0 saturated heterocycles. The number of rotatable bonds is 9. The molecule has 0 fully saturated rings. The smallest absolute Gasteiger partial charge is 0.306 e. The summed E-state index contributed by atoms with van der Waals surface area (Å²) in [5.41, 5.74) is 0.701. The number of benzene rings is 1. The molecule has 0 bridgehead atoms. The fourth-order valence-corrected chi connectivity index (χ4v) is 2.98. The zero-order chi connectivity index (χ0) is 17.6. The molecule has 128 valence electrons. The Morgan fingerprint density at radius 2 is 1.78 bits per heavy atom. The molecule has 0 radical (unpaired) electrons. The first-order valence-corrected chi connectivity index (χ1v) is 8.28. The maximum Gasteiger partial charge on any atom is 0.306 e. The number of carboxylic acids is 1. The minimum atomic E-state index is -2.84. The van der Waals surface area contributed by atoms with Crippen LogP contribution in [0.15, 0.2) is 29.2 Å². The van der Waals surface area contributed by atoms with Crippen molar-refractivity contribution in [2.45, 2.75) is 50.2 Å². The van der Waals surface area contributed by atoms with Crippen LogP contribution < -0.4 is 0 Å². The number of carboxylic acid groups (broad SMARTS) is 1. The molecule has 0 amide bonds. The number of hydrogen-bond acceptors (Lipinski definition) is 3. The molecule has 1 aromatic carbocycles. The van der Waals surface area contributed by atoms with Crippen molar-refractivity contribution in [1.29, 1.82) is 0 Å². The third-order valence-electron chi connectivity index (χ3n) is 3.20. The number of carbonyl (C=O) groups excluding carboxylic acids is 1. The second kappa shape index (κ2) is 8.43. The van der Waals surface area contributed by atoms with Crippen LogP contribution in [-0.2, 0) is 16.0 Å². The van der Waals surface area contributed by atoms with Crippen molar-refractivity contribution in [3.63, 3.8) is 0 Å². The second-order valence-corrected chi connectivity index (χ2v) is 7.53. The quantitative estimate of drug-likeness (QED) is 0.663. The van der Waals surface area contributed by atoms with E-state index in [0.717, 1.165) is 6.92 Å². The van der Waals surface area contributed by atoms with E-state index in [2.05, 4.69) is 0 Å². The van der Waals surface area contributed by atoms with Crippen molar-refractivity contribution in [1.82, 2.24) is 0 Å². The Balaban J connectivity index is 2.61. The summed E-state index contributed by atoms with van der Waals surface area (Å²) in [6, 6.07) is 6.36. The fourth-order valence-electron chi connectivity index (χ4n) is 2.30. The molecule has 1 N–H and O–H groups in total. The molecule has 1 atom stereocenters. The van der Waals surface area contributed by atoms with Crippen LogP contribution in [0.5, 0.6) is 0 Å². The highest BCUT2D eigenvalue weighted by Gasteiger charge is 2.23. The Labute approximate surface area is 139 Å². The van der Waals surface area contributed by atoms with Crippen LogP contribution >= 0.6 is 11.8 Å². The standard InChI is InChI=1S/C17H22F2O3S/c1-11(2)8-13(16(21)22)10-14(20)9-12-4-6-15(7-5-12)23-17(3,18)19/h4-7,11,13H,8-10H2,1-3H3,(H,21,22). The van der Waals surface area contributed by atoms with Gasteiger partial charge in [-0.2, -0.15) is 8.78 Å². The van der Waals surface area contributed by atoms with Crippen molar-refractivity contribution in [2.24, 2.45) is 11.8 Å². The van der Waals surface area contributed by atoms with Gasteiger partial charge in [0.15, 0.2) is 0 Å². The topological polar surface area (TPSA) is 54.4 Å². The summed E-state index contributed by atoms with van der Waals surface area (Å²) in [5.74, 6) is -1.57. The van der Waals surface area contributed by atoms with E-state index in [4.69, 9.17) is 5.11 Å². The molecule has 6 heteroatoms. The lowest BCUT2D eigenvalue weighted by Gasteiger charge is -2.14. The molecule has 3 nitrogen and oxygen atoms in total. The van der Waals surface area contributed by atoms with Crippen LogP contribution in [0, 0.1) is 11.8 Å². The van der Waals surface area contributed by atoms with E-state index in [0.29, 0.717) is 28.6 Å². The highest BCUT2D eigenvalue weighted by Crippen LogP contribution is 2.35. The zero-order valence-electron chi connectivity index (χ0n) is 13.5. The summed E-state index contributed by atoms with van der Waals surface area (Å²) >= 11 is 0.454. The van der Waals surface area contributed by atoms with E-state index in [1.54, 1.807) is 24.3 Å². The molecule has 0 spiro atoms. The number of ketones is 1. The Morgan fingerprint density at radius 3 is 2.22 bits per heavy atom. The van der Waals surface area contributed by atoms with E-state index < -0.39 is 17.1 Å². The first kappa shape index (κ1) is 19.6. The molecule has 1 aromatic rings. The summed E-state index contributed by atoms with van der Waals surface area (Å²) in [6.45, 7) is 4.66. The molecular formula is C17H22F2O3S. The molecular weight excluding hydrogens is 322 g/mol. The number of alkyl halides is 2. The van der Waals surface area contributed by atoms with Gasteiger partial charge in [-0.25, -0.2) is 0 Å². The minimum Gasteiger partial charge on any atom is -0.481 e. The Hall–Kier alpha value is -1.43. The van der Waals surface area contributed by atoms with Gasteiger partial charge < -0.3 is 5.11 Å². The van der Waals surface area contributed by atoms with Crippen molar-refractivity contribution >= 4 is 23.5 Å². The van der Waals surface area contributed by atoms with Crippen molar-refractivity contribution in [3.05, 3.63) is 29.8 Å².